The van der Waals surface area contributed by atoms with E-state index < -0.39 is 0 Å². The molecule has 3 aromatic rings. The van der Waals surface area contributed by atoms with Crippen molar-refractivity contribution in [2.75, 3.05) is 26.2 Å². The zero-order valence-corrected chi connectivity index (χ0v) is 17.5. The molecule has 1 amide bonds. The van der Waals surface area contributed by atoms with E-state index in [1.807, 2.05) is 29.4 Å². The highest BCUT2D eigenvalue weighted by Gasteiger charge is 2.29. The molecule has 1 aromatic carbocycles. The van der Waals surface area contributed by atoms with Crippen molar-refractivity contribution in [3.63, 3.8) is 0 Å². The summed E-state index contributed by atoms with van der Waals surface area (Å²) in [6.07, 6.45) is 4.52. The molecule has 6 heteroatoms. The quantitative estimate of drug-likeness (QED) is 0.664. The zero-order chi connectivity index (χ0) is 21.1. The largest absolute Gasteiger partial charge is 0.443 e. The Bertz CT molecular complexity index is 1060. The van der Waals surface area contributed by atoms with Gasteiger partial charge >= 0.3 is 0 Å². The van der Waals surface area contributed by atoms with Crippen LogP contribution >= 0.6 is 0 Å². The molecule has 154 valence electrons. The Morgan fingerprint density at radius 1 is 1.07 bits per heavy atom. The van der Waals surface area contributed by atoms with Gasteiger partial charge in [-0.3, -0.25) is 14.3 Å². The zero-order valence-electron chi connectivity index (χ0n) is 17.5. The summed E-state index contributed by atoms with van der Waals surface area (Å²) in [6, 6.07) is 14.5. The van der Waals surface area contributed by atoms with Gasteiger partial charge in [-0.25, -0.2) is 0 Å². The number of aromatic nitrogens is 1. The minimum atomic E-state index is -0.122. The third-order valence-electron chi connectivity index (χ3n) is 5.63. The fourth-order valence-electron chi connectivity index (χ4n) is 3.98. The lowest BCUT2D eigenvalue weighted by Crippen LogP contribution is -2.35. The molecular weight excluding hydrogens is 376 g/mol. The predicted octanol–water partition coefficient (Wildman–Crippen LogP) is 3.91. The van der Waals surface area contributed by atoms with Gasteiger partial charge in [0.25, 0.3) is 5.91 Å². The molecule has 6 nitrogen and oxygen atoms in total. The van der Waals surface area contributed by atoms with Gasteiger partial charge in [-0.05, 0) is 38.0 Å². The summed E-state index contributed by atoms with van der Waals surface area (Å²) in [5.41, 5.74) is 3.23. The van der Waals surface area contributed by atoms with E-state index in [2.05, 4.69) is 42.2 Å². The van der Waals surface area contributed by atoms with Crippen LogP contribution in [0.5, 0.6) is 0 Å². The number of aryl methyl sites for hydroxylation is 2. The summed E-state index contributed by atoms with van der Waals surface area (Å²) in [7, 11) is 0. The first-order valence-corrected chi connectivity index (χ1v) is 10.3. The van der Waals surface area contributed by atoms with Crippen molar-refractivity contribution in [1.29, 1.82) is 5.26 Å². The molecule has 0 atom stereocenters. The summed E-state index contributed by atoms with van der Waals surface area (Å²) in [5, 5.41) is 9.74. The van der Waals surface area contributed by atoms with Gasteiger partial charge in [0.15, 0.2) is 0 Å². The molecule has 1 fully saturated rings. The van der Waals surface area contributed by atoms with Crippen LogP contribution in [0.2, 0.25) is 0 Å². The number of nitrogens with zero attached hydrogens (tertiary/aromatic N) is 4. The van der Waals surface area contributed by atoms with Gasteiger partial charge < -0.3 is 9.32 Å². The van der Waals surface area contributed by atoms with Crippen molar-refractivity contribution < 1.29 is 9.21 Å². The van der Waals surface area contributed by atoms with Gasteiger partial charge in [0.1, 0.15) is 23.0 Å². The van der Waals surface area contributed by atoms with E-state index in [1.165, 1.54) is 11.1 Å². The van der Waals surface area contributed by atoms with Gasteiger partial charge in [0, 0.05) is 45.1 Å². The number of benzene rings is 1. The molecule has 0 N–H and O–H groups in total. The van der Waals surface area contributed by atoms with E-state index in [4.69, 9.17) is 4.42 Å². The summed E-state index contributed by atoms with van der Waals surface area (Å²) >= 11 is 0. The van der Waals surface area contributed by atoms with Crippen LogP contribution in [0.3, 0.4) is 0 Å². The molecule has 0 spiro atoms. The van der Waals surface area contributed by atoms with Gasteiger partial charge in [-0.1, -0.05) is 29.8 Å². The molecule has 0 bridgehead atoms. The molecule has 2 aromatic heterocycles. The number of carbonyl (C=O) groups is 1. The molecule has 0 radical (unpaired) electrons. The first-order valence-electron chi connectivity index (χ1n) is 10.3. The maximum absolute atomic E-state index is 13.3. The van der Waals surface area contributed by atoms with Crippen LogP contribution < -0.4 is 0 Å². The topological polar surface area (TPSA) is 65.4 Å². The van der Waals surface area contributed by atoms with Gasteiger partial charge in [-0.15, -0.1) is 0 Å². The Kier molecular flexibility index (Phi) is 5.73. The maximum Gasteiger partial charge on any atom is 0.258 e. The predicted molar refractivity (Wildman–Crippen MR) is 114 cm³/mol. The third kappa shape index (κ3) is 4.03. The number of hydrogen-bond acceptors (Lipinski definition) is 4. The molecule has 0 unspecified atom stereocenters. The van der Waals surface area contributed by atoms with E-state index in [9.17, 15) is 10.1 Å². The number of rotatable bonds is 4. The van der Waals surface area contributed by atoms with Crippen LogP contribution in [0, 0.1) is 25.2 Å². The van der Waals surface area contributed by atoms with Gasteiger partial charge in [0.2, 0.25) is 5.88 Å². The fraction of sp³-hybridized carbons (Fsp3) is 0.333. The van der Waals surface area contributed by atoms with E-state index in [0.29, 0.717) is 35.9 Å². The number of hydrogen-bond donors (Lipinski definition) is 0. The Labute approximate surface area is 176 Å². The Balaban J connectivity index is 1.49. The van der Waals surface area contributed by atoms with E-state index >= 15 is 0 Å². The van der Waals surface area contributed by atoms with Crippen LogP contribution in [0.4, 0.5) is 0 Å². The summed E-state index contributed by atoms with van der Waals surface area (Å²) < 4.78 is 7.55. The van der Waals surface area contributed by atoms with Crippen LogP contribution in [0.1, 0.15) is 39.2 Å². The number of amides is 1. The van der Waals surface area contributed by atoms with Crippen LogP contribution in [-0.2, 0) is 6.54 Å². The van der Waals surface area contributed by atoms with E-state index in [1.54, 1.807) is 11.5 Å². The molecule has 3 heterocycles. The van der Waals surface area contributed by atoms with Crippen LogP contribution in [0.25, 0.3) is 5.88 Å². The van der Waals surface area contributed by atoms with Crippen molar-refractivity contribution in [2.45, 2.75) is 26.8 Å². The molecule has 0 aliphatic carbocycles. The molecule has 30 heavy (non-hydrogen) atoms. The van der Waals surface area contributed by atoms with E-state index in [0.717, 1.165) is 26.1 Å². The summed E-state index contributed by atoms with van der Waals surface area (Å²) in [6.45, 7) is 7.80. The molecule has 1 saturated heterocycles. The number of nitriles is 1. The highest BCUT2D eigenvalue weighted by Crippen LogP contribution is 2.27. The lowest BCUT2D eigenvalue weighted by molar-refractivity contribution is 0.0759. The maximum atomic E-state index is 13.3. The molecule has 1 aliphatic rings. The SMILES string of the molecule is Cc1ccc(CN2CCCN(C(=O)c3c(C)oc(-n4cccc4)c3C#N)CC2)cc1. The lowest BCUT2D eigenvalue weighted by Gasteiger charge is -2.22. The van der Waals surface area contributed by atoms with Crippen molar-refractivity contribution in [3.8, 4) is 12.0 Å². The normalized spacial score (nSPS) is 15.0. The minimum Gasteiger partial charge on any atom is -0.443 e. The first-order chi connectivity index (χ1) is 14.6. The van der Waals surface area contributed by atoms with Crippen LogP contribution in [-0.4, -0.2) is 46.5 Å². The van der Waals surface area contributed by atoms with Gasteiger partial charge in [-0.2, -0.15) is 5.26 Å². The van der Waals surface area contributed by atoms with Crippen LogP contribution in [0.15, 0.2) is 53.2 Å². The van der Waals surface area contributed by atoms with Crippen molar-refractivity contribution in [3.05, 3.63) is 76.8 Å². The lowest BCUT2D eigenvalue weighted by atomic mass is 10.1. The minimum absolute atomic E-state index is 0.122. The Morgan fingerprint density at radius 3 is 2.50 bits per heavy atom. The monoisotopic (exact) mass is 402 g/mol. The highest BCUT2D eigenvalue weighted by atomic mass is 16.4. The molecule has 4 rings (SSSR count). The fourth-order valence-corrected chi connectivity index (χ4v) is 3.98. The second-order valence-corrected chi connectivity index (χ2v) is 7.82. The van der Waals surface area contributed by atoms with Crippen molar-refractivity contribution in [2.24, 2.45) is 0 Å². The number of carbonyl (C=O) groups excluding carboxylic acids is 1. The molecule has 1 aliphatic heterocycles. The highest BCUT2D eigenvalue weighted by molar-refractivity contribution is 5.98. The average Bonchev–Trinajstić information content (AvgIpc) is 3.32. The molecule has 0 saturated carbocycles. The van der Waals surface area contributed by atoms with Crippen molar-refractivity contribution >= 4 is 5.91 Å². The Hall–Kier alpha value is -3.30. The number of furan rings is 1. The molecular formula is C24H26N4O2. The Morgan fingerprint density at radius 2 is 1.80 bits per heavy atom. The van der Waals surface area contributed by atoms with Crippen molar-refractivity contribution in [1.82, 2.24) is 14.4 Å². The average molecular weight is 402 g/mol. The first kappa shape index (κ1) is 20.0. The summed E-state index contributed by atoms with van der Waals surface area (Å²) in [5.74, 6) is 0.767. The van der Waals surface area contributed by atoms with Gasteiger partial charge in [0.05, 0.1) is 0 Å². The van der Waals surface area contributed by atoms with E-state index in [-0.39, 0.29) is 5.91 Å². The summed E-state index contributed by atoms with van der Waals surface area (Å²) in [4.78, 5) is 17.6. The smallest absolute Gasteiger partial charge is 0.258 e. The second kappa shape index (κ2) is 8.60. The second-order valence-electron chi connectivity index (χ2n) is 7.82. The standard InChI is InChI=1S/C24H26N4O2/c1-18-6-8-20(9-7-18)17-26-10-5-13-27(15-14-26)23(29)22-19(2)30-24(21(22)16-25)28-11-3-4-12-28/h3-4,6-9,11-12H,5,10,13-15,17H2,1-2H3. The third-order valence-corrected chi connectivity index (χ3v) is 5.63.